The van der Waals surface area contributed by atoms with Crippen LogP contribution < -0.4 is 14.8 Å². The molecule has 1 N–H and O–H groups in total. The number of nitrogens with one attached hydrogen (secondary N) is 1. The van der Waals surface area contributed by atoms with Crippen molar-refractivity contribution in [3.05, 3.63) is 108 Å². The average Bonchev–Trinajstić information content (AvgIpc) is 3.36. The number of hydrogen-bond acceptors (Lipinski definition) is 5. The molecule has 3 aromatic carbocycles. The Hall–Kier alpha value is -5.09. The van der Waals surface area contributed by atoms with E-state index in [0.29, 0.717) is 35.9 Å². The fourth-order valence-corrected chi connectivity index (χ4v) is 3.84. The standard InChI is InChI=1S/C31H28N4O3/c1-4-17-38-29-16-11-23(18-22(29)3)30-25(21-35(34-30)27-9-7-6-8-10-27)19-24(20-32)31(36)33-26-12-14-28(15-13-26)37-5-2/h4,6-16,18-19,21H,1,5,17H2,2-3H3,(H,33,36)/b24-19+. The minimum atomic E-state index is -0.514. The van der Waals surface area contributed by atoms with Gasteiger partial charge >= 0.3 is 0 Å². The van der Waals surface area contributed by atoms with E-state index in [1.165, 1.54) is 0 Å². The lowest BCUT2D eigenvalue weighted by atomic mass is 10.0. The maximum atomic E-state index is 13.0. The van der Waals surface area contributed by atoms with Crippen molar-refractivity contribution < 1.29 is 14.3 Å². The smallest absolute Gasteiger partial charge is 0.266 e. The fraction of sp³-hybridized carbons (Fsp3) is 0.129. The van der Waals surface area contributed by atoms with Crippen LogP contribution in [-0.4, -0.2) is 28.9 Å². The molecule has 4 rings (SSSR count). The molecule has 0 radical (unpaired) electrons. The first-order valence-electron chi connectivity index (χ1n) is 12.2. The van der Waals surface area contributed by atoms with Gasteiger partial charge in [0.2, 0.25) is 0 Å². The molecule has 0 bridgehead atoms. The van der Waals surface area contributed by atoms with Crippen LogP contribution in [0.3, 0.4) is 0 Å². The molecule has 0 aliphatic rings. The molecule has 190 valence electrons. The molecule has 0 unspecified atom stereocenters. The number of aryl methyl sites for hydroxylation is 1. The first-order valence-corrected chi connectivity index (χ1v) is 12.2. The van der Waals surface area contributed by atoms with Crippen LogP contribution in [0.5, 0.6) is 11.5 Å². The van der Waals surface area contributed by atoms with Crippen molar-refractivity contribution >= 4 is 17.7 Å². The van der Waals surface area contributed by atoms with Gasteiger partial charge in [-0.1, -0.05) is 30.9 Å². The van der Waals surface area contributed by atoms with Gasteiger partial charge < -0.3 is 14.8 Å². The van der Waals surface area contributed by atoms with Crippen molar-refractivity contribution in [1.82, 2.24) is 9.78 Å². The second kappa shape index (κ2) is 12.2. The number of carbonyl (C=O) groups excluding carboxylic acids is 1. The Labute approximate surface area is 222 Å². The summed E-state index contributed by atoms with van der Waals surface area (Å²) < 4.78 is 12.9. The quantitative estimate of drug-likeness (QED) is 0.154. The number of carbonyl (C=O) groups is 1. The first-order chi connectivity index (χ1) is 18.5. The Morgan fingerprint density at radius 3 is 2.53 bits per heavy atom. The lowest BCUT2D eigenvalue weighted by Gasteiger charge is -2.09. The van der Waals surface area contributed by atoms with E-state index in [1.807, 2.05) is 74.6 Å². The Balaban J connectivity index is 1.70. The molecule has 0 fully saturated rings. The largest absolute Gasteiger partial charge is 0.494 e. The monoisotopic (exact) mass is 504 g/mol. The highest BCUT2D eigenvalue weighted by Gasteiger charge is 2.16. The maximum Gasteiger partial charge on any atom is 0.266 e. The molecule has 0 atom stereocenters. The number of anilines is 1. The number of para-hydroxylation sites is 1. The zero-order chi connectivity index (χ0) is 26.9. The zero-order valence-electron chi connectivity index (χ0n) is 21.3. The van der Waals surface area contributed by atoms with Crippen molar-refractivity contribution in [2.24, 2.45) is 0 Å². The molecule has 0 saturated carbocycles. The molecule has 0 saturated heterocycles. The zero-order valence-corrected chi connectivity index (χ0v) is 21.3. The van der Waals surface area contributed by atoms with Gasteiger partial charge in [0.25, 0.3) is 5.91 Å². The highest BCUT2D eigenvalue weighted by molar-refractivity contribution is 6.10. The minimum absolute atomic E-state index is 0.0459. The Morgan fingerprint density at radius 2 is 1.87 bits per heavy atom. The van der Waals surface area contributed by atoms with E-state index < -0.39 is 5.91 Å². The van der Waals surface area contributed by atoms with Crippen LogP contribution >= 0.6 is 0 Å². The second-order valence-electron chi connectivity index (χ2n) is 8.37. The summed E-state index contributed by atoms with van der Waals surface area (Å²) in [5.41, 5.74) is 4.40. The number of amides is 1. The predicted molar refractivity (Wildman–Crippen MR) is 149 cm³/mol. The fourth-order valence-electron chi connectivity index (χ4n) is 3.84. The van der Waals surface area contributed by atoms with E-state index in [1.54, 1.807) is 41.1 Å². The van der Waals surface area contributed by atoms with Crippen LogP contribution in [0, 0.1) is 18.3 Å². The van der Waals surface area contributed by atoms with Crippen molar-refractivity contribution in [2.45, 2.75) is 13.8 Å². The molecule has 4 aromatic rings. The van der Waals surface area contributed by atoms with E-state index in [4.69, 9.17) is 14.6 Å². The van der Waals surface area contributed by atoms with E-state index in [0.717, 1.165) is 22.6 Å². The molecule has 7 heteroatoms. The predicted octanol–water partition coefficient (Wildman–Crippen LogP) is 6.36. The van der Waals surface area contributed by atoms with Crippen molar-refractivity contribution in [3.63, 3.8) is 0 Å². The van der Waals surface area contributed by atoms with Gasteiger partial charge in [-0.15, -0.1) is 0 Å². The molecule has 0 spiro atoms. The van der Waals surface area contributed by atoms with E-state index in [-0.39, 0.29) is 5.57 Å². The van der Waals surface area contributed by atoms with Crippen molar-refractivity contribution in [3.8, 4) is 34.5 Å². The molecule has 0 aliphatic heterocycles. The summed E-state index contributed by atoms with van der Waals surface area (Å²) in [5, 5.41) is 17.4. The highest BCUT2D eigenvalue weighted by atomic mass is 16.5. The number of nitriles is 1. The molecule has 1 aromatic heterocycles. The van der Waals surface area contributed by atoms with Crippen LogP contribution in [-0.2, 0) is 4.79 Å². The van der Waals surface area contributed by atoms with Gasteiger partial charge in [0.05, 0.1) is 12.3 Å². The van der Waals surface area contributed by atoms with Gasteiger partial charge in [-0.25, -0.2) is 4.68 Å². The summed E-state index contributed by atoms with van der Waals surface area (Å²) in [7, 11) is 0. The first kappa shape index (κ1) is 26.0. The average molecular weight is 505 g/mol. The van der Waals surface area contributed by atoms with E-state index in [2.05, 4.69) is 11.9 Å². The van der Waals surface area contributed by atoms with E-state index in [9.17, 15) is 10.1 Å². The normalized spacial score (nSPS) is 10.9. The topological polar surface area (TPSA) is 89.2 Å². The summed E-state index contributed by atoms with van der Waals surface area (Å²) in [6.45, 7) is 8.51. The number of aromatic nitrogens is 2. The SMILES string of the molecule is C=CCOc1ccc(-c2nn(-c3ccccc3)cc2/C=C(\C#N)C(=O)Nc2ccc(OCC)cc2)cc1C. The Kier molecular flexibility index (Phi) is 8.37. The lowest BCUT2D eigenvalue weighted by molar-refractivity contribution is -0.112. The van der Waals surface area contributed by atoms with Crippen LogP contribution in [0.2, 0.25) is 0 Å². The summed E-state index contributed by atoms with van der Waals surface area (Å²) in [6, 6.07) is 24.4. The third kappa shape index (κ3) is 6.18. The summed E-state index contributed by atoms with van der Waals surface area (Å²) in [4.78, 5) is 13.0. The number of nitrogens with zero attached hydrogens (tertiary/aromatic N) is 3. The molecule has 7 nitrogen and oxygen atoms in total. The second-order valence-corrected chi connectivity index (χ2v) is 8.37. The molecule has 1 heterocycles. The van der Waals surface area contributed by atoms with Crippen molar-refractivity contribution in [2.75, 3.05) is 18.5 Å². The van der Waals surface area contributed by atoms with Gasteiger partial charge in [-0.3, -0.25) is 4.79 Å². The summed E-state index contributed by atoms with van der Waals surface area (Å²) >= 11 is 0. The van der Waals surface area contributed by atoms with Gasteiger partial charge in [0, 0.05) is 23.0 Å². The molecule has 38 heavy (non-hydrogen) atoms. The molecular weight excluding hydrogens is 476 g/mol. The van der Waals surface area contributed by atoms with E-state index >= 15 is 0 Å². The minimum Gasteiger partial charge on any atom is -0.494 e. The van der Waals surface area contributed by atoms with Crippen LogP contribution in [0.15, 0.2) is 97.2 Å². The third-order valence-electron chi connectivity index (χ3n) is 5.66. The summed E-state index contributed by atoms with van der Waals surface area (Å²) in [6.07, 6.45) is 5.06. The van der Waals surface area contributed by atoms with Crippen LogP contribution in [0.1, 0.15) is 18.1 Å². The molecule has 1 amide bonds. The Morgan fingerprint density at radius 1 is 1.11 bits per heavy atom. The third-order valence-corrected chi connectivity index (χ3v) is 5.66. The van der Waals surface area contributed by atoms with Crippen LogP contribution in [0.4, 0.5) is 5.69 Å². The van der Waals surface area contributed by atoms with Crippen molar-refractivity contribution in [1.29, 1.82) is 5.26 Å². The number of rotatable bonds is 10. The van der Waals surface area contributed by atoms with Crippen LogP contribution in [0.25, 0.3) is 23.0 Å². The van der Waals surface area contributed by atoms with Gasteiger partial charge in [-0.2, -0.15) is 10.4 Å². The number of hydrogen-bond donors (Lipinski definition) is 1. The summed E-state index contributed by atoms with van der Waals surface area (Å²) in [5.74, 6) is 0.941. The molecular formula is C31H28N4O3. The van der Waals surface area contributed by atoms with Gasteiger partial charge in [0.15, 0.2) is 0 Å². The highest BCUT2D eigenvalue weighted by Crippen LogP contribution is 2.30. The lowest BCUT2D eigenvalue weighted by Crippen LogP contribution is -2.13. The molecule has 0 aliphatic carbocycles. The number of benzene rings is 3. The van der Waals surface area contributed by atoms with Gasteiger partial charge in [-0.05, 0) is 80.1 Å². The van der Waals surface area contributed by atoms with Gasteiger partial charge in [0.1, 0.15) is 35.4 Å². The Bertz CT molecular complexity index is 1500. The maximum absolute atomic E-state index is 13.0. The number of ether oxygens (including phenoxy) is 2.